The molecular formula is C13H25N3. The van der Waals surface area contributed by atoms with E-state index < -0.39 is 0 Å². The molecule has 1 aromatic heterocycles. The Morgan fingerprint density at radius 1 is 1.38 bits per heavy atom. The summed E-state index contributed by atoms with van der Waals surface area (Å²) < 4.78 is 2.11. The van der Waals surface area contributed by atoms with Gasteiger partial charge in [0.2, 0.25) is 0 Å². The summed E-state index contributed by atoms with van der Waals surface area (Å²) in [5.41, 5.74) is 0. The van der Waals surface area contributed by atoms with Gasteiger partial charge in [0.15, 0.2) is 0 Å². The number of hydrogen-bond donors (Lipinski definition) is 1. The van der Waals surface area contributed by atoms with Crippen molar-refractivity contribution in [1.29, 1.82) is 0 Å². The van der Waals surface area contributed by atoms with Gasteiger partial charge in [-0.05, 0) is 18.9 Å². The molecule has 16 heavy (non-hydrogen) atoms. The molecule has 0 fully saturated rings. The zero-order chi connectivity index (χ0) is 11.6. The number of rotatable bonds is 9. The van der Waals surface area contributed by atoms with Crippen LogP contribution in [-0.2, 0) is 6.54 Å². The fourth-order valence-electron chi connectivity index (χ4n) is 1.88. The van der Waals surface area contributed by atoms with Gasteiger partial charge in [0.05, 0.1) is 6.33 Å². The van der Waals surface area contributed by atoms with Crippen LogP contribution in [-0.4, -0.2) is 22.6 Å². The lowest BCUT2D eigenvalue weighted by atomic mass is 9.99. The molecule has 1 N–H and O–H groups in total. The predicted molar refractivity (Wildman–Crippen MR) is 68.4 cm³/mol. The number of hydrogen-bond acceptors (Lipinski definition) is 2. The summed E-state index contributed by atoms with van der Waals surface area (Å²) >= 11 is 0. The van der Waals surface area contributed by atoms with Crippen LogP contribution in [0, 0.1) is 5.92 Å². The quantitative estimate of drug-likeness (QED) is 0.652. The van der Waals surface area contributed by atoms with Crippen molar-refractivity contribution in [3.63, 3.8) is 0 Å². The van der Waals surface area contributed by atoms with E-state index >= 15 is 0 Å². The lowest BCUT2D eigenvalue weighted by Crippen LogP contribution is -2.25. The molecule has 0 saturated heterocycles. The van der Waals surface area contributed by atoms with Crippen molar-refractivity contribution < 1.29 is 0 Å². The van der Waals surface area contributed by atoms with Crippen LogP contribution in [0.3, 0.4) is 0 Å². The highest BCUT2D eigenvalue weighted by atomic mass is 15.0. The lowest BCUT2D eigenvalue weighted by Gasteiger charge is -2.15. The van der Waals surface area contributed by atoms with E-state index in [1.165, 1.54) is 25.7 Å². The fraction of sp³-hybridized carbons (Fsp3) is 0.769. The normalized spacial score (nSPS) is 12.9. The highest BCUT2D eigenvalue weighted by molar-refractivity contribution is 4.74. The Kier molecular flexibility index (Phi) is 6.90. The second kappa shape index (κ2) is 8.34. The molecule has 1 unspecified atom stereocenters. The largest absolute Gasteiger partial charge is 0.336 e. The summed E-state index contributed by atoms with van der Waals surface area (Å²) in [4.78, 5) is 4.03. The van der Waals surface area contributed by atoms with E-state index in [9.17, 15) is 0 Å². The summed E-state index contributed by atoms with van der Waals surface area (Å²) in [5, 5.41) is 3.53. The van der Waals surface area contributed by atoms with Crippen molar-refractivity contribution in [3.8, 4) is 0 Å². The molecule has 1 heterocycles. The van der Waals surface area contributed by atoms with Crippen LogP contribution in [0.4, 0.5) is 0 Å². The van der Waals surface area contributed by atoms with Crippen molar-refractivity contribution >= 4 is 0 Å². The topological polar surface area (TPSA) is 29.9 Å². The first-order valence-electron chi connectivity index (χ1n) is 6.53. The van der Waals surface area contributed by atoms with Crippen molar-refractivity contribution in [2.75, 3.05) is 13.1 Å². The van der Waals surface area contributed by atoms with Crippen LogP contribution in [0.1, 0.15) is 39.5 Å². The summed E-state index contributed by atoms with van der Waals surface area (Å²) in [6.07, 6.45) is 11.0. The minimum atomic E-state index is 0.850. The number of imidazole rings is 1. The van der Waals surface area contributed by atoms with E-state index in [0.717, 1.165) is 25.6 Å². The van der Waals surface area contributed by atoms with E-state index in [1.807, 2.05) is 18.7 Å². The molecule has 3 nitrogen and oxygen atoms in total. The van der Waals surface area contributed by atoms with Crippen LogP contribution in [0.5, 0.6) is 0 Å². The first kappa shape index (κ1) is 13.2. The Labute approximate surface area is 99.3 Å². The van der Waals surface area contributed by atoms with Gasteiger partial charge >= 0.3 is 0 Å². The second-order valence-corrected chi connectivity index (χ2v) is 4.42. The second-order valence-electron chi connectivity index (χ2n) is 4.42. The summed E-state index contributed by atoms with van der Waals surface area (Å²) in [6.45, 7) is 7.77. The van der Waals surface area contributed by atoms with Crippen LogP contribution in [0.15, 0.2) is 18.7 Å². The van der Waals surface area contributed by atoms with E-state index in [-0.39, 0.29) is 0 Å². The maximum atomic E-state index is 4.03. The van der Waals surface area contributed by atoms with Gasteiger partial charge in [0, 0.05) is 25.5 Å². The van der Waals surface area contributed by atoms with Gasteiger partial charge in [-0.3, -0.25) is 0 Å². The molecule has 1 rings (SSSR count). The monoisotopic (exact) mass is 223 g/mol. The standard InChI is InChI=1S/C13H25N3/c1-3-5-6-13(4-2)11-14-7-9-16-10-8-15-12-16/h8,10,12-14H,3-7,9,11H2,1-2H3. The number of nitrogens with one attached hydrogen (secondary N) is 1. The molecule has 0 aromatic carbocycles. The molecule has 0 bridgehead atoms. The van der Waals surface area contributed by atoms with Gasteiger partial charge in [0.1, 0.15) is 0 Å². The van der Waals surface area contributed by atoms with E-state index in [4.69, 9.17) is 0 Å². The van der Waals surface area contributed by atoms with Gasteiger partial charge in [-0.15, -0.1) is 0 Å². The van der Waals surface area contributed by atoms with E-state index in [0.29, 0.717) is 0 Å². The summed E-state index contributed by atoms with van der Waals surface area (Å²) in [6, 6.07) is 0. The highest BCUT2D eigenvalue weighted by Gasteiger charge is 2.04. The van der Waals surface area contributed by atoms with Crippen molar-refractivity contribution in [3.05, 3.63) is 18.7 Å². The minimum Gasteiger partial charge on any atom is -0.336 e. The Hall–Kier alpha value is -0.830. The highest BCUT2D eigenvalue weighted by Crippen LogP contribution is 2.10. The number of unbranched alkanes of at least 4 members (excludes halogenated alkanes) is 1. The van der Waals surface area contributed by atoms with Crippen molar-refractivity contribution in [1.82, 2.24) is 14.9 Å². The molecule has 0 spiro atoms. The van der Waals surface area contributed by atoms with Gasteiger partial charge in [-0.1, -0.05) is 33.1 Å². The number of nitrogens with zero attached hydrogens (tertiary/aromatic N) is 2. The SMILES string of the molecule is CCCCC(CC)CNCCn1ccnc1. The third kappa shape index (κ3) is 5.31. The Balaban J connectivity index is 2.04. The van der Waals surface area contributed by atoms with Crippen molar-refractivity contribution in [2.45, 2.75) is 46.1 Å². The Morgan fingerprint density at radius 3 is 2.88 bits per heavy atom. The molecule has 1 atom stereocenters. The van der Waals surface area contributed by atoms with Crippen molar-refractivity contribution in [2.24, 2.45) is 5.92 Å². The third-order valence-corrected chi connectivity index (χ3v) is 3.08. The zero-order valence-electron chi connectivity index (χ0n) is 10.7. The molecule has 0 aliphatic rings. The van der Waals surface area contributed by atoms with Crippen LogP contribution >= 0.6 is 0 Å². The fourth-order valence-corrected chi connectivity index (χ4v) is 1.88. The van der Waals surface area contributed by atoms with Gasteiger partial charge in [0.25, 0.3) is 0 Å². The molecule has 0 saturated carbocycles. The summed E-state index contributed by atoms with van der Waals surface area (Å²) in [5.74, 6) is 0.850. The first-order chi connectivity index (χ1) is 7.86. The molecule has 0 amide bonds. The maximum Gasteiger partial charge on any atom is 0.0946 e. The molecular weight excluding hydrogens is 198 g/mol. The minimum absolute atomic E-state index is 0.850. The Bertz CT molecular complexity index is 244. The first-order valence-corrected chi connectivity index (χ1v) is 6.53. The maximum absolute atomic E-state index is 4.03. The zero-order valence-corrected chi connectivity index (χ0v) is 10.7. The molecule has 1 aromatic rings. The lowest BCUT2D eigenvalue weighted by molar-refractivity contribution is 0.414. The molecule has 0 aliphatic carbocycles. The molecule has 0 radical (unpaired) electrons. The summed E-state index contributed by atoms with van der Waals surface area (Å²) in [7, 11) is 0. The van der Waals surface area contributed by atoms with Crippen LogP contribution < -0.4 is 5.32 Å². The molecule has 3 heteroatoms. The van der Waals surface area contributed by atoms with Gasteiger partial charge < -0.3 is 9.88 Å². The third-order valence-electron chi connectivity index (χ3n) is 3.08. The average molecular weight is 223 g/mol. The molecule has 0 aliphatic heterocycles. The Morgan fingerprint density at radius 2 is 2.25 bits per heavy atom. The van der Waals surface area contributed by atoms with Gasteiger partial charge in [-0.25, -0.2) is 4.98 Å². The number of aromatic nitrogens is 2. The van der Waals surface area contributed by atoms with Gasteiger partial charge in [-0.2, -0.15) is 0 Å². The molecule has 92 valence electrons. The van der Waals surface area contributed by atoms with Crippen LogP contribution in [0.25, 0.3) is 0 Å². The predicted octanol–water partition coefficient (Wildman–Crippen LogP) is 2.69. The van der Waals surface area contributed by atoms with E-state index in [1.54, 1.807) is 0 Å². The smallest absolute Gasteiger partial charge is 0.0946 e. The average Bonchev–Trinajstić information content (AvgIpc) is 2.81. The van der Waals surface area contributed by atoms with E-state index in [2.05, 4.69) is 28.7 Å². The van der Waals surface area contributed by atoms with Crippen LogP contribution in [0.2, 0.25) is 0 Å².